The van der Waals surface area contributed by atoms with Crippen molar-refractivity contribution in [2.75, 3.05) is 5.33 Å². The molecule has 0 atom stereocenters. The Morgan fingerprint density at radius 1 is 0.623 bits per heavy atom. The first-order valence-corrected chi connectivity index (χ1v) is 25.1. The highest BCUT2D eigenvalue weighted by molar-refractivity contribution is 9.09. The average Bonchev–Trinajstić information content (AvgIpc) is 4.25. The summed E-state index contributed by atoms with van der Waals surface area (Å²) in [5.74, 6) is -1.02. The number of aryl methyl sites for hydroxylation is 2. The monoisotopic (exact) mass is 1180 g/mol. The number of imidazole rings is 2. The van der Waals surface area contributed by atoms with E-state index in [0.717, 1.165) is 69.1 Å². The van der Waals surface area contributed by atoms with Crippen LogP contribution in [0.15, 0.2) is 116 Å². The Balaban J connectivity index is 0.000000182. The summed E-state index contributed by atoms with van der Waals surface area (Å²) in [5.41, 5.74) is -2.07. The van der Waals surface area contributed by atoms with E-state index in [1.165, 1.54) is 52.1 Å². The molecule has 0 amide bonds. The third kappa shape index (κ3) is 14.3. The zero-order valence-electron chi connectivity index (χ0n) is 40.5. The summed E-state index contributed by atoms with van der Waals surface area (Å²) >= 11 is 15.2. The number of H-pyrrole nitrogens is 1. The molecule has 4 heterocycles. The number of nitrogens with zero attached hydrogens (tertiary/aromatic N) is 7. The van der Waals surface area contributed by atoms with Crippen LogP contribution >= 0.6 is 39.1 Å². The summed E-state index contributed by atoms with van der Waals surface area (Å²) in [7, 11) is 2.87. The first-order chi connectivity index (χ1) is 36.3. The van der Waals surface area contributed by atoms with Gasteiger partial charge in [0, 0.05) is 48.1 Å². The molecular weight excluding hydrogens is 1140 g/mol. The summed E-state index contributed by atoms with van der Waals surface area (Å²) < 4.78 is 101. The van der Waals surface area contributed by atoms with Crippen LogP contribution < -0.4 is 41.4 Å². The molecule has 8 aromatic rings. The van der Waals surface area contributed by atoms with E-state index < -0.39 is 52.3 Å². The van der Waals surface area contributed by atoms with Gasteiger partial charge in [-0.1, -0.05) is 75.5 Å². The number of hydrogen-bond donors (Lipinski definition) is 3. The molecule has 408 valence electrons. The predicted octanol–water partition coefficient (Wildman–Crippen LogP) is 9.32. The largest absolute Gasteiger partial charge is 0.573 e. The fourth-order valence-electron chi connectivity index (χ4n) is 7.72. The molecule has 0 unspecified atom stereocenters. The topological polar surface area (TPSA) is 212 Å². The Bertz CT molecular complexity index is 3680. The molecular formula is C50H45BrCl2F6N8O10. The van der Waals surface area contributed by atoms with Crippen molar-refractivity contribution in [2.24, 2.45) is 14.1 Å². The molecule has 0 saturated heterocycles. The zero-order chi connectivity index (χ0) is 55.6. The molecule has 77 heavy (non-hydrogen) atoms. The second kappa shape index (κ2) is 22.5. The second-order valence-electron chi connectivity index (χ2n) is 18.1. The molecule has 0 bridgehead atoms. The van der Waals surface area contributed by atoms with Crippen molar-refractivity contribution in [3.63, 3.8) is 0 Å². The molecule has 2 aliphatic rings. The Kier molecular flexibility index (Phi) is 16.4. The van der Waals surface area contributed by atoms with Crippen LogP contribution in [-0.2, 0) is 33.7 Å². The van der Waals surface area contributed by atoms with Gasteiger partial charge in [0.2, 0.25) is 0 Å². The minimum atomic E-state index is -4.89. The molecule has 0 aliphatic heterocycles. The van der Waals surface area contributed by atoms with Crippen LogP contribution in [0.5, 0.6) is 35.0 Å². The van der Waals surface area contributed by atoms with Crippen LogP contribution in [-0.4, -0.2) is 77.3 Å². The summed E-state index contributed by atoms with van der Waals surface area (Å²) in [5, 5.41) is 21.3. The van der Waals surface area contributed by atoms with Gasteiger partial charge in [-0.2, -0.15) is 9.97 Å². The summed E-state index contributed by atoms with van der Waals surface area (Å²) in [6.45, 7) is 0.208. The summed E-state index contributed by atoms with van der Waals surface area (Å²) in [6, 6.07) is 23.1. The molecule has 2 saturated carbocycles. The highest BCUT2D eigenvalue weighted by atomic mass is 79.9. The SMILES string of the molecule is Cn1c(=O)[nH]c(=O)c2c1nc(Oc1cccc(OC(F)(F)F)c1)n2Cc1ccc(Cl)cc1.Cn1c(=O)n(CCC2(O)CC2)c(=O)c2c1nc(Oc1cccc(OC(F)(F)F)c1)n2Cc1ccc(Cl)cc1.OC1(CCBr)CC1. The van der Waals surface area contributed by atoms with Crippen molar-refractivity contribution in [1.82, 2.24) is 37.8 Å². The Labute approximate surface area is 449 Å². The van der Waals surface area contributed by atoms with E-state index in [-0.39, 0.29) is 77.5 Å². The molecule has 4 aromatic carbocycles. The van der Waals surface area contributed by atoms with Crippen LogP contribution in [0.4, 0.5) is 26.3 Å². The van der Waals surface area contributed by atoms with E-state index in [9.17, 15) is 50.6 Å². The quantitative estimate of drug-likeness (QED) is 0.0648. The fraction of sp³-hybridized carbons (Fsp3) is 0.320. The Morgan fingerprint density at radius 2 is 1.05 bits per heavy atom. The number of halogens is 9. The van der Waals surface area contributed by atoms with Crippen molar-refractivity contribution in [2.45, 2.75) is 82.1 Å². The number of hydrogen-bond acceptors (Lipinski definition) is 12. The lowest BCUT2D eigenvalue weighted by molar-refractivity contribution is -0.275. The number of aromatic nitrogens is 8. The van der Waals surface area contributed by atoms with E-state index in [4.69, 9.17) is 37.8 Å². The molecule has 27 heteroatoms. The molecule has 2 aliphatic carbocycles. The van der Waals surface area contributed by atoms with Crippen molar-refractivity contribution in [1.29, 1.82) is 0 Å². The van der Waals surface area contributed by atoms with Crippen molar-refractivity contribution >= 4 is 61.5 Å². The molecule has 0 radical (unpaired) electrons. The predicted molar refractivity (Wildman–Crippen MR) is 274 cm³/mol. The number of aliphatic hydroxyl groups is 2. The maximum Gasteiger partial charge on any atom is 0.573 e. The first kappa shape index (κ1) is 56.2. The van der Waals surface area contributed by atoms with E-state index in [1.54, 1.807) is 48.5 Å². The lowest BCUT2D eigenvalue weighted by Gasteiger charge is -2.13. The lowest BCUT2D eigenvalue weighted by atomic mass is 10.2. The van der Waals surface area contributed by atoms with Crippen LogP contribution in [0, 0.1) is 0 Å². The minimum Gasteiger partial charge on any atom is -0.425 e. The van der Waals surface area contributed by atoms with Gasteiger partial charge < -0.3 is 29.2 Å². The van der Waals surface area contributed by atoms with Crippen LogP contribution in [0.1, 0.15) is 49.7 Å². The third-order valence-corrected chi connectivity index (χ3v) is 13.1. The maximum atomic E-state index is 13.6. The summed E-state index contributed by atoms with van der Waals surface area (Å²) in [4.78, 5) is 61.9. The molecule has 2 fully saturated rings. The maximum absolute atomic E-state index is 13.6. The van der Waals surface area contributed by atoms with Crippen LogP contribution in [0.3, 0.4) is 0 Å². The van der Waals surface area contributed by atoms with Gasteiger partial charge in [-0.15, -0.1) is 26.3 Å². The van der Waals surface area contributed by atoms with Gasteiger partial charge in [0.1, 0.15) is 23.0 Å². The smallest absolute Gasteiger partial charge is 0.425 e. The van der Waals surface area contributed by atoms with Crippen molar-refractivity contribution < 1.29 is 55.5 Å². The Morgan fingerprint density at radius 3 is 1.48 bits per heavy atom. The zero-order valence-corrected chi connectivity index (χ0v) is 43.6. The van der Waals surface area contributed by atoms with Gasteiger partial charge in [-0.05, 0) is 98.2 Å². The lowest BCUT2D eigenvalue weighted by Crippen LogP contribution is -2.40. The van der Waals surface area contributed by atoms with Gasteiger partial charge >= 0.3 is 36.1 Å². The number of rotatable bonds is 15. The van der Waals surface area contributed by atoms with E-state index in [1.807, 2.05) is 0 Å². The highest BCUT2D eigenvalue weighted by Crippen LogP contribution is 2.39. The number of fused-ring (bicyclic) bond motifs is 2. The van der Waals surface area contributed by atoms with Crippen LogP contribution in [0.2, 0.25) is 10.0 Å². The van der Waals surface area contributed by atoms with Gasteiger partial charge in [-0.3, -0.25) is 37.4 Å². The van der Waals surface area contributed by atoms with E-state index in [0.29, 0.717) is 22.9 Å². The molecule has 3 N–H and O–H groups in total. The third-order valence-electron chi connectivity index (χ3n) is 12.2. The summed E-state index contributed by atoms with van der Waals surface area (Å²) in [6.07, 6.45) is -5.36. The average molecular weight is 1180 g/mol. The molecule has 4 aromatic heterocycles. The van der Waals surface area contributed by atoms with Gasteiger partial charge in [0.15, 0.2) is 22.3 Å². The number of nitrogens with one attached hydrogen (secondary N) is 1. The van der Waals surface area contributed by atoms with Gasteiger partial charge in [0.25, 0.3) is 11.1 Å². The fourth-order valence-corrected chi connectivity index (χ4v) is 8.71. The minimum absolute atomic E-state index is 0.0110. The van der Waals surface area contributed by atoms with Gasteiger partial charge in [-0.25, -0.2) is 9.59 Å². The van der Waals surface area contributed by atoms with Gasteiger partial charge in [0.05, 0.1) is 24.3 Å². The number of ether oxygens (including phenoxy) is 4. The molecule has 0 spiro atoms. The number of alkyl halides is 7. The molecule has 18 nitrogen and oxygen atoms in total. The number of benzene rings is 4. The second-order valence-corrected chi connectivity index (χ2v) is 19.7. The van der Waals surface area contributed by atoms with E-state index in [2.05, 4.69) is 40.4 Å². The standard InChI is InChI=1S/C25H22ClF3N4O5.C20H14ClF3N4O4.C5H9BrO/c1-31-20-19(21(34)32(23(31)35)12-11-24(36)9-10-24)33(14-15-5-7-16(26)8-6-15)22(30-20)37-17-3-2-4-18(13-17)38-25(27,28)29;1-27-16-15(17(29)26-18(27)30)28(10-11-5-7-12(21)8-6-11)19(25-16)31-13-3-2-4-14(9-13)32-20(22,23)24;6-4-3-5(7)1-2-5/h2-8,13,36H,9-12,14H2,1H3;2-9H,10H2,1H3,(H,26,29,30);7H,1-4H2. The van der Waals surface area contributed by atoms with Crippen LogP contribution in [0.25, 0.3) is 22.3 Å². The first-order valence-electron chi connectivity index (χ1n) is 23.3. The molecule has 10 rings (SSSR count). The van der Waals surface area contributed by atoms with E-state index >= 15 is 0 Å². The Hall–Kier alpha value is -7.06. The van der Waals surface area contributed by atoms with Crippen molar-refractivity contribution in [3.8, 4) is 35.0 Å². The number of aromatic amines is 1. The normalized spacial score (nSPS) is 14.3. The van der Waals surface area contributed by atoms with Crippen molar-refractivity contribution in [3.05, 3.63) is 160 Å². The highest BCUT2D eigenvalue weighted by Gasteiger charge is 2.40.